The molecule has 0 saturated carbocycles. The monoisotopic (exact) mass is 319 g/mol. The Morgan fingerprint density at radius 2 is 2.09 bits per heavy atom. The van der Waals surface area contributed by atoms with E-state index in [1.54, 1.807) is 12.3 Å². The van der Waals surface area contributed by atoms with Gasteiger partial charge in [-0.15, -0.1) is 0 Å². The molecule has 1 saturated heterocycles. The number of nitrogens with zero attached hydrogens (tertiary/aromatic N) is 2. The Kier molecular flexibility index (Phi) is 3.84. The van der Waals surface area contributed by atoms with Gasteiger partial charge in [0.1, 0.15) is 6.04 Å². The zero-order valence-electron chi connectivity index (χ0n) is 12.2. The molecule has 2 aromatic rings. The third-order valence-electron chi connectivity index (χ3n) is 3.82. The highest BCUT2D eigenvalue weighted by molar-refractivity contribution is 7.88. The van der Waals surface area contributed by atoms with Gasteiger partial charge in [0.15, 0.2) is 0 Å². The Bertz CT molecular complexity index is 814. The number of carbonyl (C=O) groups is 1. The van der Waals surface area contributed by atoms with Crippen molar-refractivity contribution < 1.29 is 13.2 Å². The zero-order valence-corrected chi connectivity index (χ0v) is 13.0. The Morgan fingerprint density at radius 3 is 2.86 bits per heavy atom. The highest BCUT2D eigenvalue weighted by Crippen LogP contribution is 2.24. The maximum Gasteiger partial charge on any atom is 0.242 e. The van der Waals surface area contributed by atoms with Gasteiger partial charge in [0.25, 0.3) is 0 Å². The van der Waals surface area contributed by atoms with Gasteiger partial charge in [0, 0.05) is 18.1 Å². The molecule has 1 aromatic heterocycles. The molecule has 1 N–H and O–H groups in total. The van der Waals surface area contributed by atoms with Crippen LogP contribution in [0.15, 0.2) is 36.5 Å². The molecule has 1 aliphatic heterocycles. The lowest BCUT2D eigenvalue weighted by Gasteiger charge is -2.21. The number of pyridine rings is 1. The number of aromatic nitrogens is 1. The van der Waals surface area contributed by atoms with Crippen LogP contribution in [0.1, 0.15) is 12.8 Å². The lowest BCUT2D eigenvalue weighted by molar-refractivity contribution is -0.119. The molecule has 22 heavy (non-hydrogen) atoms. The summed E-state index contributed by atoms with van der Waals surface area (Å²) in [6, 6.07) is 8.62. The average molecular weight is 319 g/mol. The normalized spacial score (nSPS) is 19.4. The van der Waals surface area contributed by atoms with E-state index in [-0.39, 0.29) is 5.91 Å². The van der Waals surface area contributed by atoms with E-state index in [4.69, 9.17) is 0 Å². The fraction of sp³-hybridized carbons (Fsp3) is 0.333. The van der Waals surface area contributed by atoms with Crippen LogP contribution in [-0.2, 0) is 14.8 Å². The highest BCUT2D eigenvalue weighted by atomic mass is 32.2. The predicted molar refractivity (Wildman–Crippen MR) is 84.9 cm³/mol. The van der Waals surface area contributed by atoms with Gasteiger partial charge in [-0.2, -0.15) is 4.31 Å². The molecule has 0 bridgehead atoms. The first kappa shape index (κ1) is 14.9. The van der Waals surface area contributed by atoms with Crippen LogP contribution in [0.5, 0.6) is 0 Å². The first-order valence-electron chi connectivity index (χ1n) is 7.08. The van der Waals surface area contributed by atoms with E-state index in [9.17, 15) is 13.2 Å². The predicted octanol–water partition coefficient (Wildman–Crippen LogP) is 1.60. The minimum Gasteiger partial charge on any atom is -0.323 e. The van der Waals surface area contributed by atoms with Crippen molar-refractivity contribution in [1.82, 2.24) is 9.29 Å². The van der Waals surface area contributed by atoms with Crippen LogP contribution in [0, 0.1) is 0 Å². The van der Waals surface area contributed by atoms with Crippen molar-refractivity contribution in [3.63, 3.8) is 0 Å². The Hall–Kier alpha value is -1.99. The van der Waals surface area contributed by atoms with E-state index in [1.165, 1.54) is 4.31 Å². The first-order chi connectivity index (χ1) is 10.5. The van der Waals surface area contributed by atoms with Gasteiger partial charge in [0.2, 0.25) is 15.9 Å². The van der Waals surface area contributed by atoms with Gasteiger partial charge < -0.3 is 5.32 Å². The number of hydrogen-bond acceptors (Lipinski definition) is 4. The van der Waals surface area contributed by atoms with Gasteiger partial charge in [0.05, 0.1) is 17.5 Å². The van der Waals surface area contributed by atoms with Crippen molar-refractivity contribution >= 4 is 32.5 Å². The molecular weight excluding hydrogens is 302 g/mol. The molecule has 1 atom stereocenters. The van der Waals surface area contributed by atoms with Gasteiger partial charge in [-0.1, -0.05) is 18.2 Å². The third-order valence-corrected chi connectivity index (χ3v) is 5.11. The van der Waals surface area contributed by atoms with E-state index in [0.717, 1.165) is 11.6 Å². The number of benzene rings is 1. The topological polar surface area (TPSA) is 79.4 Å². The summed E-state index contributed by atoms with van der Waals surface area (Å²) in [4.78, 5) is 16.8. The first-order valence-corrected chi connectivity index (χ1v) is 8.93. The van der Waals surface area contributed by atoms with Crippen LogP contribution in [-0.4, -0.2) is 42.5 Å². The molecule has 6 nitrogen and oxygen atoms in total. The van der Waals surface area contributed by atoms with Crippen LogP contribution in [0.25, 0.3) is 10.9 Å². The fourth-order valence-corrected chi connectivity index (χ4v) is 3.94. The SMILES string of the molecule is CS(=O)(=O)N1CCC[C@H]1C(=O)Nc1cccc2cccnc12. The number of amides is 1. The molecule has 1 aromatic carbocycles. The number of rotatable bonds is 3. The van der Waals surface area contributed by atoms with E-state index in [0.29, 0.717) is 30.6 Å². The summed E-state index contributed by atoms with van der Waals surface area (Å²) in [5, 5.41) is 3.74. The van der Waals surface area contributed by atoms with E-state index < -0.39 is 16.1 Å². The van der Waals surface area contributed by atoms with Crippen LogP contribution in [0.2, 0.25) is 0 Å². The smallest absolute Gasteiger partial charge is 0.242 e. The zero-order chi connectivity index (χ0) is 15.7. The van der Waals surface area contributed by atoms with Crippen LogP contribution in [0.4, 0.5) is 5.69 Å². The van der Waals surface area contributed by atoms with E-state index in [1.807, 2.05) is 24.3 Å². The molecule has 2 heterocycles. The largest absolute Gasteiger partial charge is 0.323 e. The lowest BCUT2D eigenvalue weighted by Crippen LogP contribution is -2.42. The van der Waals surface area contributed by atoms with Crippen LogP contribution in [0.3, 0.4) is 0 Å². The standard InChI is InChI=1S/C15H17N3O3S/c1-22(20,21)18-10-4-8-13(18)15(19)17-12-7-2-5-11-6-3-9-16-14(11)12/h2-3,5-7,9,13H,4,8,10H2,1H3,(H,17,19)/t13-/m0/s1. The number of anilines is 1. The van der Waals surface area contributed by atoms with E-state index in [2.05, 4.69) is 10.3 Å². The van der Waals surface area contributed by atoms with Gasteiger partial charge in [-0.25, -0.2) is 8.42 Å². The van der Waals surface area contributed by atoms with Crippen LogP contribution < -0.4 is 5.32 Å². The second kappa shape index (κ2) is 5.66. The molecule has 3 rings (SSSR count). The van der Waals surface area contributed by atoms with E-state index >= 15 is 0 Å². The summed E-state index contributed by atoms with van der Waals surface area (Å²) in [6.45, 7) is 0.394. The number of fused-ring (bicyclic) bond motifs is 1. The Morgan fingerprint density at radius 1 is 1.32 bits per heavy atom. The maximum atomic E-state index is 12.5. The van der Waals surface area contributed by atoms with Gasteiger partial charge in [-0.3, -0.25) is 9.78 Å². The Balaban J connectivity index is 1.87. The number of sulfonamides is 1. The molecule has 0 radical (unpaired) electrons. The number of hydrogen-bond donors (Lipinski definition) is 1. The summed E-state index contributed by atoms with van der Waals surface area (Å²) < 4.78 is 24.8. The Labute approximate surface area is 129 Å². The fourth-order valence-electron chi connectivity index (χ4n) is 2.82. The average Bonchev–Trinajstić information content (AvgIpc) is 2.97. The quantitative estimate of drug-likeness (QED) is 0.932. The van der Waals surface area contributed by atoms with Crippen molar-refractivity contribution in [2.45, 2.75) is 18.9 Å². The van der Waals surface area contributed by atoms with Crippen LogP contribution >= 0.6 is 0 Å². The molecule has 1 amide bonds. The van der Waals surface area contributed by atoms with Gasteiger partial charge in [-0.05, 0) is 25.0 Å². The second-order valence-corrected chi connectivity index (χ2v) is 7.34. The molecule has 116 valence electrons. The summed E-state index contributed by atoms with van der Waals surface area (Å²) in [6.07, 6.45) is 4.03. The summed E-state index contributed by atoms with van der Waals surface area (Å²) in [7, 11) is -3.37. The number of para-hydroxylation sites is 1. The molecule has 7 heteroatoms. The maximum absolute atomic E-state index is 12.5. The summed E-state index contributed by atoms with van der Waals surface area (Å²) in [5.74, 6) is -0.305. The minimum absolute atomic E-state index is 0.305. The molecule has 0 spiro atoms. The van der Waals surface area contributed by atoms with Crippen molar-refractivity contribution in [3.8, 4) is 0 Å². The number of nitrogens with one attached hydrogen (secondary N) is 1. The summed E-state index contributed by atoms with van der Waals surface area (Å²) in [5.41, 5.74) is 1.30. The minimum atomic E-state index is -3.37. The molecular formula is C15H17N3O3S. The third kappa shape index (κ3) is 2.82. The molecule has 1 aliphatic rings. The highest BCUT2D eigenvalue weighted by Gasteiger charge is 2.36. The van der Waals surface area contributed by atoms with Crippen molar-refractivity contribution in [3.05, 3.63) is 36.5 Å². The molecule has 0 aliphatic carbocycles. The van der Waals surface area contributed by atoms with Crippen molar-refractivity contribution in [2.75, 3.05) is 18.1 Å². The molecule has 1 fully saturated rings. The van der Waals surface area contributed by atoms with Crippen molar-refractivity contribution in [2.24, 2.45) is 0 Å². The van der Waals surface area contributed by atoms with Crippen molar-refractivity contribution in [1.29, 1.82) is 0 Å². The lowest BCUT2D eigenvalue weighted by atomic mass is 10.1. The number of carbonyl (C=O) groups excluding carboxylic acids is 1. The summed E-state index contributed by atoms with van der Waals surface area (Å²) >= 11 is 0. The second-order valence-electron chi connectivity index (χ2n) is 5.40. The van der Waals surface area contributed by atoms with Gasteiger partial charge >= 0.3 is 0 Å². The molecule has 0 unspecified atom stereocenters.